The summed E-state index contributed by atoms with van der Waals surface area (Å²) in [5.41, 5.74) is -0.720. The minimum atomic E-state index is -4.01. The van der Waals surface area contributed by atoms with Crippen LogP contribution in [0.5, 0.6) is 0 Å². The summed E-state index contributed by atoms with van der Waals surface area (Å²) in [5.74, 6) is -0.251. The second-order valence-corrected chi connectivity index (χ2v) is 10.4. The molecule has 0 saturated carbocycles. The van der Waals surface area contributed by atoms with Gasteiger partial charge in [-0.25, -0.2) is 13.2 Å². The average Bonchev–Trinajstić information content (AvgIpc) is 2.80. The van der Waals surface area contributed by atoms with Crippen LogP contribution in [0.4, 0.5) is 0 Å². The molecule has 1 saturated heterocycles. The van der Waals surface area contributed by atoms with Crippen molar-refractivity contribution in [2.24, 2.45) is 14.1 Å². The lowest BCUT2D eigenvalue weighted by Gasteiger charge is -2.38. The second-order valence-electron chi connectivity index (χ2n) is 8.32. The fourth-order valence-corrected chi connectivity index (χ4v) is 5.11. The first-order chi connectivity index (χ1) is 15.0. The molecule has 10 nitrogen and oxygen atoms in total. The van der Waals surface area contributed by atoms with Gasteiger partial charge in [-0.05, 0) is 31.5 Å². The van der Waals surface area contributed by atoms with E-state index in [0.29, 0.717) is 24.6 Å². The zero-order chi connectivity index (χ0) is 23.8. The highest BCUT2D eigenvalue weighted by atomic mass is 32.2. The molecule has 1 aliphatic heterocycles. The standard InChI is InChI=1S/C21H31N5O5S/c1-6-15(2)25-9-11-26(12-10-25)19(27)14-22(3)32(30,31)16-7-8-18-17(13-16)20(28)24(5)21(29)23(18)4/h7-8,13,15H,6,9-12,14H2,1-5H3/t15-/m1/s1. The number of fused-ring (bicyclic) bond motifs is 1. The minimum absolute atomic E-state index is 0.0994. The molecule has 32 heavy (non-hydrogen) atoms. The van der Waals surface area contributed by atoms with Crippen molar-refractivity contribution in [3.63, 3.8) is 0 Å². The van der Waals surface area contributed by atoms with Crippen LogP contribution in [0, 0.1) is 0 Å². The van der Waals surface area contributed by atoms with Crippen molar-refractivity contribution >= 4 is 26.8 Å². The van der Waals surface area contributed by atoms with Crippen molar-refractivity contribution < 1.29 is 13.2 Å². The highest BCUT2D eigenvalue weighted by Gasteiger charge is 2.28. The molecule has 176 valence electrons. The summed E-state index contributed by atoms with van der Waals surface area (Å²) in [4.78, 5) is 41.3. The van der Waals surface area contributed by atoms with E-state index in [9.17, 15) is 22.8 Å². The largest absolute Gasteiger partial charge is 0.339 e. The van der Waals surface area contributed by atoms with Crippen LogP contribution in [0.25, 0.3) is 10.9 Å². The molecular formula is C21H31N5O5S. The van der Waals surface area contributed by atoms with E-state index in [2.05, 4.69) is 18.7 Å². The Morgan fingerprint density at radius 1 is 1.09 bits per heavy atom. The van der Waals surface area contributed by atoms with Crippen LogP contribution in [0.2, 0.25) is 0 Å². The third-order valence-corrected chi connectivity index (χ3v) is 8.18. The number of sulfonamides is 1. The van der Waals surface area contributed by atoms with Crippen molar-refractivity contribution in [3.8, 4) is 0 Å². The summed E-state index contributed by atoms with van der Waals surface area (Å²) < 4.78 is 29.4. The predicted octanol–water partition coefficient (Wildman–Crippen LogP) is -0.200. The van der Waals surface area contributed by atoms with Crippen molar-refractivity contribution in [1.29, 1.82) is 0 Å². The van der Waals surface area contributed by atoms with Crippen LogP contribution < -0.4 is 11.2 Å². The Morgan fingerprint density at radius 3 is 2.31 bits per heavy atom. The molecule has 0 aliphatic carbocycles. The van der Waals surface area contributed by atoms with Crippen LogP contribution in [0.3, 0.4) is 0 Å². The maximum atomic E-state index is 13.1. The summed E-state index contributed by atoms with van der Waals surface area (Å²) >= 11 is 0. The van der Waals surface area contributed by atoms with Gasteiger partial charge in [-0.15, -0.1) is 0 Å². The number of carbonyl (C=O) groups excluding carboxylic acids is 1. The van der Waals surface area contributed by atoms with Crippen molar-refractivity contribution in [1.82, 2.24) is 23.2 Å². The smallest absolute Gasteiger partial charge is 0.330 e. The zero-order valence-corrected chi connectivity index (χ0v) is 20.1. The lowest BCUT2D eigenvalue weighted by Crippen LogP contribution is -2.53. The number of hydrogen-bond donors (Lipinski definition) is 0. The van der Waals surface area contributed by atoms with Gasteiger partial charge in [0.1, 0.15) is 0 Å². The molecule has 3 rings (SSSR count). The summed E-state index contributed by atoms with van der Waals surface area (Å²) in [6, 6.07) is 4.51. The SMILES string of the molecule is CC[C@@H](C)N1CCN(C(=O)CN(C)S(=O)(=O)c2ccc3c(c2)c(=O)n(C)c(=O)n3C)CC1. The van der Waals surface area contributed by atoms with Gasteiger partial charge >= 0.3 is 5.69 Å². The molecule has 0 spiro atoms. The van der Waals surface area contributed by atoms with Crippen molar-refractivity contribution in [3.05, 3.63) is 39.0 Å². The number of aromatic nitrogens is 2. The normalized spacial score (nSPS) is 16.6. The van der Waals surface area contributed by atoms with Crippen LogP contribution in [0.1, 0.15) is 20.3 Å². The maximum Gasteiger partial charge on any atom is 0.330 e. The van der Waals surface area contributed by atoms with Gasteiger partial charge in [-0.3, -0.25) is 23.6 Å². The first-order valence-corrected chi connectivity index (χ1v) is 12.1. The molecule has 1 aliphatic rings. The van der Waals surface area contributed by atoms with Gasteiger partial charge in [-0.2, -0.15) is 4.31 Å². The van der Waals surface area contributed by atoms with Crippen LogP contribution >= 0.6 is 0 Å². The molecule has 0 bridgehead atoms. The summed E-state index contributed by atoms with van der Waals surface area (Å²) in [6.45, 7) is 6.67. The lowest BCUT2D eigenvalue weighted by molar-refractivity contribution is -0.133. The van der Waals surface area contributed by atoms with Gasteiger partial charge in [0, 0.05) is 53.4 Å². The molecular weight excluding hydrogens is 434 g/mol. The maximum absolute atomic E-state index is 13.1. The topological polar surface area (TPSA) is 105 Å². The highest BCUT2D eigenvalue weighted by Crippen LogP contribution is 2.19. The molecule has 0 radical (unpaired) electrons. The average molecular weight is 466 g/mol. The Kier molecular flexibility index (Phi) is 6.91. The molecule has 1 amide bonds. The monoisotopic (exact) mass is 465 g/mol. The Labute approximate surface area is 187 Å². The van der Waals surface area contributed by atoms with E-state index in [-0.39, 0.29) is 22.7 Å². The fraction of sp³-hybridized carbons (Fsp3) is 0.571. The zero-order valence-electron chi connectivity index (χ0n) is 19.2. The number of hydrogen-bond acceptors (Lipinski definition) is 6. The van der Waals surface area contributed by atoms with Gasteiger partial charge in [0.2, 0.25) is 15.9 Å². The number of piperazine rings is 1. The Morgan fingerprint density at radius 2 is 1.72 bits per heavy atom. The number of benzene rings is 1. The first-order valence-electron chi connectivity index (χ1n) is 10.7. The number of rotatable bonds is 6. The minimum Gasteiger partial charge on any atom is -0.339 e. The van der Waals surface area contributed by atoms with E-state index in [1.807, 2.05) is 0 Å². The van der Waals surface area contributed by atoms with Crippen LogP contribution in [0.15, 0.2) is 32.7 Å². The molecule has 0 unspecified atom stereocenters. The Balaban J connectivity index is 1.79. The van der Waals surface area contributed by atoms with E-state index in [4.69, 9.17) is 0 Å². The molecule has 0 N–H and O–H groups in total. The third-order valence-electron chi connectivity index (χ3n) is 6.39. The van der Waals surface area contributed by atoms with Gasteiger partial charge < -0.3 is 4.90 Å². The van der Waals surface area contributed by atoms with Gasteiger partial charge in [-0.1, -0.05) is 6.92 Å². The second kappa shape index (κ2) is 9.16. The third kappa shape index (κ3) is 4.37. The van der Waals surface area contributed by atoms with Gasteiger partial charge in [0.15, 0.2) is 0 Å². The summed E-state index contributed by atoms with van der Waals surface area (Å²) in [6.07, 6.45) is 1.04. The lowest BCUT2D eigenvalue weighted by atomic mass is 10.2. The molecule has 1 aromatic heterocycles. The number of nitrogens with zero attached hydrogens (tertiary/aromatic N) is 5. The molecule has 1 aromatic carbocycles. The molecule has 1 fully saturated rings. The first kappa shape index (κ1) is 24.1. The Bertz CT molecular complexity index is 1240. The number of likely N-dealkylation sites (N-methyl/N-ethyl adjacent to an activating group) is 1. The summed E-state index contributed by atoms with van der Waals surface area (Å²) in [5, 5.41) is 0.122. The van der Waals surface area contributed by atoms with Crippen molar-refractivity contribution in [2.45, 2.75) is 31.2 Å². The predicted molar refractivity (Wildman–Crippen MR) is 122 cm³/mol. The van der Waals surface area contributed by atoms with E-state index >= 15 is 0 Å². The highest BCUT2D eigenvalue weighted by molar-refractivity contribution is 7.89. The van der Waals surface area contributed by atoms with E-state index in [1.54, 1.807) is 4.90 Å². The van der Waals surface area contributed by atoms with Gasteiger partial charge in [0.25, 0.3) is 5.56 Å². The molecule has 2 aromatic rings. The summed E-state index contributed by atoms with van der Waals surface area (Å²) in [7, 11) is 0.210. The van der Waals surface area contributed by atoms with Crippen LogP contribution in [-0.4, -0.2) is 83.4 Å². The molecule has 1 atom stereocenters. The fourth-order valence-electron chi connectivity index (χ4n) is 3.96. The van der Waals surface area contributed by atoms with E-state index < -0.39 is 21.3 Å². The number of amides is 1. The molecule has 2 heterocycles. The Hall–Kier alpha value is -2.50. The number of aryl methyl sites for hydroxylation is 1. The number of carbonyl (C=O) groups is 1. The van der Waals surface area contributed by atoms with E-state index in [0.717, 1.165) is 28.4 Å². The van der Waals surface area contributed by atoms with Crippen molar-refractivity contribution in [2.75, 3.05) is 39.8 Å². The van der Waals surface area contributed by atoms with Crippen LogP contribution in [-0.2, 0) is 28.9 Å². The van der Waals surface area contributed by atoms with Gasteiger partial charge in [0.05, 0.1) is 22.3 Å². The molecule has 11 heteroatoms. The quantitative estimate of drug-likeness (QED) is 0.585. The van der Waals surface area contributed by atoms with E-state index in [1.165, 1.54) is 43.9 Å².